The molecule has 0 aliphatic carbocycles. The maximum atomic E-state index is 10.6. The number of aliphatic hydroxyl groups is 1. The van der Waals surface area contributed by atoms with Crippen molar-refractivity contribution in [3.63, 3.8) is 0 Å². The van der Waals surface area contributed by atoms with E-state index in [-0.39, 0.29) is 0 Å². The molecule has 0 bridgehead atoms. The Bertz CT molecular complexity index is 948. The number of ether oxygens (including phenoxy) is 1. The molecule has 0 amide bonds. The van der Waals surface area contributed by atoms with Gasteiger partial charge in [-0.05, 0) is 48.2 Å². The topological polar surface area (TPSA) is 57.6 Å². The average molecular weight is 418 g/mol. The van der Waals surface area contributed by atoms with Crippen molar-refractivity contribution in [3.05, 3.63) is 95.3 Å². The molecule has 2 aromatic carbocycles. The molecule has 1 unspecified atom stereocenters. The van der Waals surface area contributed by atoms with Crippen LogP contribution in [-0.2, 0) is 25.9 Å². The SMILES string of the molecule is OC(COc1ccccc1CNCCc1cccnc1)CN1CCc2ccccc2C1. The molecule has 0 saturated carbocycles. The van der Waals surface area contributed by atoms with E-state index in [9.17, 15) is 5.11 Å². The van der Waals surface area contributed by atoms with Crippen LogP contribution in [0, 0.1) is 0 Å². The van der Waals surface area contributed by atoms with E-state index in [1.165, 1.54) is 16.7 Å². The molecule has 0 saturated heterocycles. The average Bonchev–Trinajstić information content (AvgIpc) is 2.82. The van der Waals surface area contributed by atoms with Crippen molar-refractivity contribution in [1.82, 2.24) is 15.2 Å². The second-order valence-corrected chi connectivity index (χ2v) is 8.11. The largest absolute Gasteiger partial charge is 0.491 e. The predicted octanol–water partition coefficient (Wildman–Crippen LogP) is 3.21. The number of benzene rings is 2. The monoisotopic (exact) mass is 417 g/mol. The molecule has 2 N–H and O–H groups in total. The Morgan fingerprint density at radius 1 is 1.03 bits per heavy atom. The minimum absolute atomic E-state index is 0.296. The highest BCUT2D eigenvalue weighted by atomic mass is 16.5. The van der Waals surface area contributed by atoms with Crippen molar-refractivity contribution in [2.75, 3.05) is 26.2 Å². The van der Waals surface area contributed by atoms with Crippen LogP contribution in [0.4, 0.5) is 0 Å². The zero-order valence-corrected chi connectivity index (χ0v) is 17.9. The van der Waals surface area contributed by atoms with Crippen LogP contribution in [0.3, 0.4) is 0 Å². The zero-order valence-electron chi connectivity index (χ0n) is 17.9. The van der Waals surface area contributed by atoms with E-state index in [0.29, 0.717) is 13.2 Å². The first-order chi connectivity index (χ1) is 15.3. The molecule has 31 heavy (non-hydrogen) atoms. The number of β-amino-alcohol motifs (C(OH)–C–C–N with tert-alkyl or cyclic N) is 1. The number of hydrogen-bond donors (Lipinski definition) is 2. The number of rotatable bonds is 10. The Labute approximate surface area is 184 Å². The van der Waals surface area contributed by atoms with Gasteiger partial charge < -0.3 is 15.2 Å². The van der Waals surface area contributed by atoms with E-state index in [4.69, 9.17) is 4.74 Å². The Morgan fingerprint density at radius 3 is 2.74 bits per heavy atom. The van der Waals surface area contributed by atoms with Gasteiger partial charge in [0.2, 0.25) is 0 Å². The number of para-hydroxylation sites is 1. The van der Waals surface area contributed by atoms with Crippen molar-refractivity contribution in [1.29, 1.82) is 0 Å². The van der Waals surface area contributed by atoms with Gasteiger partial charge in [-0.3, -0.25) is 9.88 Å². The summed E-state index contributed by atoms with van der Waals surface area (Å²) in [7, 11) is 0. The second kappa shape index (κ2) is 11.0. The molecular weight excluding hydrogens is 386 g/mol. The van der Waals surface area contributed by atoms with E-state index in [1.807, 2.05) is 30.5 Å². The van der Waals surface area contributed by atoms with Crippen molar-refractivity contribution in [2.45, 2.75) is 32.0 Å². The smallest absolute Gasteiger partial charge is 0.123 e. The van der Waals surface area contributed by atoms with Gasteiger partial charge >= 0.3 is 0 Å². The Balaban J connectivity index is 1.22. The molecule has 1 aliphatic heterocycles. The first kappa shape index (κ1) is 21.5. The maximum absolute atomic E-state index is 10.6. The van der Waals surface area contributed by atoms with E-state index in [2.05, 4.69) is 51.6 Å². The van der Waals surface area contributed by atoms with Gasteiger partial charge in [0, 0.05) is 44.1 Å². The van der Waals surface area contributed by atoms with Gasteiger partial charge in [0.1, 0.15) is 18.5 Å². The van der Waals surface area contributed by atoms with Crippen LogP contribution < -0.4 is 10.1 Å². The van der Waals surface area contributed by atoms with E-state index in [0.717, 1.165) is 50.3 Å². The zero-order chi connectivity index (χ0) is 21.3. The van der Waals surface area contributed by atoms with Crippen LogP contribution in [0.1, 0.15) is 22.3 Å². The summed E-state index contributed by atoms with van der Waals surface area (Å²) < 4.78 is 6.00. The first-order valence-corrected chi connectivity index (χ1v) is 11.1. The number of hydrogen-bond acceptors (Lipinski definition) is 5. The van der Waals surface area contributed by atoms with Crippen LogP contribution in [0.25, 0.3) is 0 Å². The van der Waals surface area contributed by atoms with E-state index >= 15 is 0 Å². The molecule has 0 fully saturated rings. The number of pyridine rings is 1. The molecule has 2 heterocycles. The van der Waals surface area contributed by atoms with Crippen molar-refractivity contribution >= 4 is 0 Å². The minimum atomic E-state index is -0.517. The fraction of sp³-hybridized carbons (Fsp3) is 0.346. The summed E-state index contributed by atoms with van der Waals surface area (Å²) in [6, 6.07) is 20.7. The second-order valence-electron chi connectivity index (χ2n) is 8.11. The highest BCUT2D eigenvalue weighted by Gasteiger charge is 2.19. The Hall–Kier alpha value is -2.73. The van der Waals surface area contributed by atoms with Gasteiger partial charge in [0.15, 0.2) is 0 Å². The molecule has 5 heteroatoms. The summed E-state index contributed by atoms with van der Waals surface area (Å²) in [6.45, 7) is 4.40. The third kappa shape index (κ3) is 6.37. The number of nitrogens with zero attached hydrogens (tertiary/aromatic N) is 2. The number of aromatic nitrogens is 1. The van der Waals surface area contributed by atoms with Crippen LogP contribution in [0.5, 0.6) is 5.75 Å². The molecule has 1 aromatic heterocycles. The lowest BCUT2D eigenvalue weighted by molar-refractivity contribution is 0.0634. The quantitative estimate of drug-likeness (QED) is 0.496. The summed E-state index contributed by atoms with van der Waals surface area (Å²) in [5.74, 6) is 0.833. The normalized spacial score (nSPS) is 14.7. The highest BCUT2D eigenvalue weighted by Crippen LogP contribution is 2.20. The van der Waals surface area contributed by atoms with Crippen LogP contribution in [-0.4, -0.2) is 47.3 Å². The number of nitrogens with one attached hydrogen (secondary N) is 1. The first-order valence-electron chi connectivity index (χ1n) is 11.1. The lowest BCUT2D eigenvalue weighted by atomic mass is 10.00. The van der Waals surface area contributed by atoms with Crippen molar-refractivity contribution in [2.24, 2.45) is 0 Å². The van der Waals surface area contributed by atoms with Crippen molar-refractivity contribution < 1.29 is 9.84 Å². The summed E-state index contributed by atoms with van der Waals surface area (Å²) in [5, 5.41) is 14.0. The summed E-state index contributed by atoms with van der Waals surface area (Å²) in [4.78, 5) is 6.46. The minimum Gasteiger partial charge on any atom is -0.491 e. The highest BCUT2D eigenvalue weighted by molar-refractivity contribution is 5.33. The third-order valence-corrected chi connectivity index (χ3v) is 5.71. The maximum Gasteiger partial charge on any atom is 0.123 e. The van der Waals surface area contributed by atoms with Gasteiger partial charge in [0.05, 0.1) is 0 Å². The molecule has 4 rings (SSSR count). The van der Waals surface area contributed by atoms with Crippen molar-refractivity contribution in [3.8, 4) is 5.75 Å². The van der Waals surface area contributed by atoms with Gasteiger partial charge in [-0.25, -0.2) is 0 Å². The lowest BCUT2D eigenvalue weighted by Crippen LogP contribution is -2.38. The summed E-state index contributed by atoms with van der Waals surface area (Å²) in [6.07, 6.45) is 5.16. The molecule has 0 radical (unpaired) electrons. The summed E-state index contributed by atoms with van der Waals surface area (Å²) in [5.41, 5.74) is 5.12. The fourth-order valence-electron chi connectivity index (χ4n) is 4.04. The summed E-state index contributed by atoms with van der Waals surface area (Å²) >= 11 is 0. The van der Waals surface area contributed by atoms with Gasteiger partial charge in [-0.1, -0.05) is 48.5 Å². The van der Waals surface area contributed by atoms with Crippen LogP contribution >= 0.6 is 0 Å². The number of aliphatic hydroxyl groups excluding tert-OH is 1. The molecule has 0 spiro atoms. The molecule has 3 aromatic rings. The number of fused-ring (bicyclic) bond motifs is 1. The third-order valence-electron chi connectivity index (χ3n) is 5.71. The Morgan fingerprint density at radius 2 is 1.87 bits per heavy atom. The predicted molar refractivity (Wildman–Crippen MR) is 123 cm³/mol. The molecule has 1 aliphatic rings. The molecular formula is C26H31N3O2. The van der Waals surface area contributed by atoms with Gasteiger partial charge in [0.25, 0.3) is 0 Å². The fourth-order valence-corrected chi connectivity index (χ4v) is 4.04. The van der Waals surface area contributed by atoms with E-state index < -0.39 is 6.10 Å². The van der Waals surface area contributed by atoms with Crippen LogP contribution in [0.2, 0.25) is 0 Å². The lowest BCUT2D eigenvalue weighted by Gasteiger charge is -2.30. The van der Waals surface area contributed by atoms with Gasteiger partial charge in [-0.2, -0.15) is 0 Å². The standard InChI is InChI=1S/C26H31N3O2/c30-25(19-29-15-12-22-7-1-2-9-24(22)18-29)20-31-26-10-4-3-8-23(26)17-28-14-11-21-6-5-13-27-16-21/h1-10,13,16,25,28,30H,11-12,14-15,17-20H2. The molecule has 1 atom stereocenters. The molecule has 5 nitrogen and oxygen atoms in total. The van der Waals surface area contributed by atoms with Crippen LogP contribution in [0.15, 0.2) is 73.1 Å². The van der Waals surface area contributed by atoms with E-state index in [1.54, 1.807) is 6.20 Å². The Kier molecular flexibility index (Phi) is 7.66. The van der Waals surface area contributed by atoms with Gasteiger partial charge in [-0.15, -0.1) is 0 Å². The molecule has 162 valence electrons.